The van der Waals surface area contributed by atoms with Crippen LogP contribution in [-0.2, 0) is 9.53 Å². The summed E-state index contributed by atoms with van der Waals surface area (Å²) in [5, 5.41) is 19.9. The van der Waals surface area contributed by atoms with Gasteiger partial charge in [-0.3, -0.25) is 14.9 Å². The average molecular weight is 296 g/mol. The predicted octanol–water partition coefficient (Wildman–Crippen LogP) is 1.28. The van der Waals surface area contributed by atoms with E-state index in [4.69, 9.17) is 14.6 Å². The fraction of sp³-hybridized carbons (Fsp3) is 0.462. The van der Waals surface area contributed by atoms with Gasteiger partial charge in [0.05, 0.1) is 43.8 Å². The first kappa shape index (κ1) is 15.0. The predicted molar refractivity (Wildman–Crippen MR) is 73.9 cm³/mol. The number of carbonyl (C=O) groups is 1. The number of carboxylic acid groups (broad SMARTS) is 1. The number of nitro benzene ring substituents is 1. The lowest BCUT2D eigenvalue weighted by Gasteiger charge is -2.36. The molecule has 0 bridgehead atoms. The van der Waals surface area contributed by atoms with Crippen LogP contribution in [0.1, 0.15) is 6.42 Å². The molecule has 0 spiro atoms. The number of anilines is 1. The summed E-state index contributed by atoms with van der Waals surface area (Å²) in [5.74, 6) is -0.576. The Hall–Kier alpha value is -2.35. The molecule has 1 N–H and O–H groups in total. The van der Waals surface area contributed by atoms with Gasteiger partial charge in [0.15, 0.2) is 0 Å². The fourth-order valence-corrected chi connectivity index (χ4v) is 2.32. The average Bonchev–Trinajstić information content (AvgIpc) is 2.46. The van der Waals surface area contributed by atoms with Gasteiger partial charge in [-0.1, -0.05) is 0 Å². The van der Waals surface area contributed by atoms with Gasteiger partial charge in [-0.05, 0) is 0 Å². The SMILES string of the molecule is COc1cc(N2CCOCC2CC(=O)O)cc([N+](=O)[O-])c1. The van der Waals surface area contributed by atoms with Crippen molar-refractivity contribution in [1.29, 1.82) is 0 Å². The highest BCUT2D eigenvalue weighted by atomic mass is 16.6. The summed E-state index contributed by atoms with van der Waals surface area (Å²) in [6.45, 7) is 1.20. The van der Waals surface area contributed by atoms with Crippen LogP contribution in [0.3, 0.4) is 0 Å². The second-order valence-corrected chi connectivity index (χ2v) is 4.67. The zero-order valence-electron chi connectivity index (χ0n) is 11.5. The maximum atomic E-state index is 11.0. The lowest BCUT2D eigenvalue weighted by molar-refractivity contribution is -0.384. The van der Waals surface area contributed by atoms with Gasteiger partial charge < -0.3 is 19.5 Å². The molecule has 1 aliphatic heterocycles. The zero-order chi connectivity index (χ0) is 15.4. The Bertz CT molecular complexity index is 547. The molecular formula is C13H16N2O6. The number of benzene rings is 1. The van der Waals surface area contributed by atoms with E-state index in [-0.39, 0.29) is 24.8 Å². The molecule has 8 nitrogen and oxygen atoms in total. The van der Waals surface area contributed by atoms with Crippen LogP contribution in [-0.4, -0.2) is 48.9 Å². The molecule has 21 heavy (non-hydrogen) atoms. The topological polar surface area (TPSA) is 102 Å². The molecule has 1 aromatic carbocycles. The first-order chi connectivity index (χ1) is 10.0. The van der Waals surface area contributed by atoms with E-state index in [2.05, 4.69) is 0 Å². The fourth-order valence-electron chi connectivity index (χ4n) is 2.32. The van der Waals surface area contributed by atoms with Gasteiger partial charge in [0.1, 0.15) is 5.75 Å². The van der Waals surface area contributed by atoms with Crippen LogP contribution in [0.5, 0.6) is 5.75 Å². The first-order valence-corrected chi connectivity index (χ1v) is 6.41. The van der Waals surface area contributed by atoms with Crippen LogP contribution >= 0.6 is 0 Å². The number of carboxylic acids is 1. The van der Waals surface area contributed by atoms with Crippen molar-refractivity contribution in [2.75, 3.05) is 31.8 Å². The highest BCUT2D eigenvalue weighted by Gasteiger charge is 2.27. The molecule has 1 heterocycles. The van der Waals surface area contributed by atoms with Crippen molar-refractivity contribution in [1.82, 2.24) is 0 Å². The number of ether oxygens (including phenoxy) is 2. The van der Waals surface area contributed by atoms with E-state index in [1.807, 2.05) is 4.90 Å². The Morgan fingerprint density at radius 3 is 2.95 bits per heavy atom. The lowest BCUT2D eigenvalue weighted by atomic mass is 10.1. The van der Waals surface area contributed by atoms with Crippen molar-refractivity contribution in [3.8, 4) is 5.75 Å². The molecule has 114 valence electrons. The van der Waals surface area contributed by atoms with Crippen molar-refractivity contribution in [2.24, 2.45) is 0 Å². The van der Waals surface area contributed by atoms with Crippen LogP contribution in [0.25, 0.3) is 0 Å². The van der Waals surface area contributed by atoms with Crippen LogP contribution in [0.4, 0.5) is 11.4 Å². The van der Waals surface area contributed by atoms with Crippen molar-refractivity contribution in [3.63, 3.8) is 0 Å². The Morgan fingerprint density at radius 1 is 1.57 bits per heavy atom. The molecule has 0 amide bonds. The minimum absolute atomic E-state index is 0.0923. The van der Waals surface area contributed by atoms with Gasteiger partial charge in [0.2, 0.25) is 0 Å². The van der Waals surface area contributed by atoms with Gasteiger partial charge >= 0.3 is 5.97 Å². The van der Waals surface area contributed by atoms with Gasteiger partial charge in [-0.15, -0.1) is 0 Å². The number of nitrogens with zero attached hydrogens (tertiary/aromatic N) is 2. The van der Waals surface area contributed by atoms with Gasteiger partial charge in [0.25, 0.3) is 5.69 Å². The van der Waals surface area contributed by atoms with Crippen molar-refractivity contribution >= 4 is 17.3 Å². The molecule has 1 saturated heterocycles. The second-order valence-electron chi connectivity index (χ2n) is 4.67. The lowest BCUT2D eigenvalue weighted by Crippen LogP contribution is -2.46. The minimum atomic E-state index is -0.937. The summed E-state index contributed by atoms with van der Waals surface area (Å²) >= 11 is 0. The van der Waals surface area contributed by atoms with E-state index in [0.29, 0.717) is 24.6 Å². The Kier molecular flexibility index (Phi) is 4.59. The first-order valence-electron chi connectivity index (χ1n) is 6.41. The van der Waals surface area contributed by atoms with E-state index >= 15 is 0 Å². The summed E-state index contributed by atoms with van der Waals surface area (Å²) < 4.78 is 10.4. The third-order valence-corrected chi connectivity index (χ3v) is 3.29. The Morgan fingerprint density at radius 2 is 2.33 bits per heavy atom. The van der Waals surface area contributed by atoms with Crippen molar-refractivity contribution in [3.05, 3.63) is 28.3 Å². The van der Waals surface area contributed by atoms with E-state index < -0.39 is 10.9 Å². The molecule has 0 radical (unpaired) electrons. The minimum Gasteiger partial charge on any atom is -0.496 e. The van der Waals surface area contributed by atoms with Crippen molar-refractivity contribution in [2.45, 2.75) is 12.5 Å². The molecule has 8 heteroatoms. The third kappa shape index (κ3) is 3.60. The molecule has 2 rings (SSSR count). The maximum Gasteiger partial charge on any atom is 0.305 e. The summed E-state index contributed by atoms with van der Waals surface area (Å²) in [7, 11) is 1.43. The number of nitro groups is 1. The smallest absolute Gasteiger partial charge is 0.305 e. The van der Waals surface area contributed by atoms with E-state index in [1.54, 1.807) is 6.07 Å². The third-order valence-electron chi connectivity index (χ3n) is 3.29. The molecular weight excluding hydrogens is 280 g/mol. The van der Waals surface area contributed by atoms with Gasteiger partial charge in [-0.25, -0.2) is 0 Å². The summed E-state index contributed by atoms with van der Waals surface area (Å²) in [6.07, 6.45) is -0.0923. The zero-order valence-corrected chi connectivity index (χ0v) is 11.5. The number of non-ortho nitro benzene ring substituents is 1. The van der Waals surface area contributed by atoms with Crippen molar-refractivity contribution < 1.29 is 24.3 Å². The van der Waals surface area contributed by atoms with E-state index in [1.165, 1.54) is 19.2 Å². The number of methoxy groups -OCH3 is 1. The molecule has 0 aromatic heterocycles. The largest absolute Gasteiger partial charge is 0.496 e. The highest BCUT2D eigenvalue weighted by Crippen LogP contribution is 2.30. The number of rotatable bonds is 5. The molecule has 1 atom stereocenters. The normalized spacial score (nSPS) is 18.3. The summed E-state index contributed by atoms with van der Waals surface area (Å²) in [6, 6.07) is 4.05. The number of aliphatic carboxylic acids is 1. The maximum absolute atomic E-state index is 11.0. The van der Waals surface area contributed by atoms with Gasteiger partial charge in [-0.2, -0.15) is 0 Å². The molecule has 1 aromatic rings. The Balaban J connectivity index is 2.35. The number of hydrogen-bond acceptors (Lipinski definition) is 6. The van der Waals surface area contributed by atoms with Crippen LogP contribution in [0, 0.1) is 10.1 Å². The van der Waals surface area contributed by atoms with Crippen LogP contribution in [0.2, 0.25) is 0 Å². The Labute approximate surface area is 121 Å². The molecule has 1 fully saturated rings. The van der Waals surface area contributed by atoms with Crippen LogP contribution in [0.15, 0.2) is 18.2 Å². The monoisotopic (exact) mass is 296 g/mol. The molecule has 0 saturated carbocycles. The van der Waals surface area contributed by atoms with Gasteiger partial charge in [0, 0.05) is 24.4 Å². The van der Waals surface area contributed by atoms with E-state index in [0.717, 1.165) is 0 Å². The van der Waals surface area contributed by atoms with E-state index in [9.17, 15) is 14.9 Å². The summed E-state index contributed by atoms with van der Waals surface area (Å²) in [4.78, 5) is 23.2. The quantitative estimate of drug-likeness (QED) is 0.645. The summed E-state index contributed by atoms with van der Waals surface area (Å²) in [5.41, 5.74) is 0.473. The second kappa shape index (κ2) is 6.40. The molecule has 1 unspecified atom stereocenters. The molecule has 1 aliphatic rings. The molecule has 0 aliphatic carbocycles. The van der Waals surface area contributed by atoms with Crippen LogP contribution < -0.4 is 9.64 Å². The standard InChI is InChI=1S/C13H16N2O6/c1-20-12-5-9(4-10(6-12)15(18)19)14-2-3-21-8-11(14)7-13(16)17/h4-6,11H,2-3,7-8H2,1H3,(H,16,17). The number of morpholine rings is 1. The number of hydrogen-bond donors (Lipinski definition) is 1. The highest BCUT2D eigenvalue weighted by molar-refractivity contribution is 5.69.